The van der Waals surface area contributed by atoms with Gasteiger partial charge in [-0.25, -0.2) is 0 Å². The van der Waals surface area contributed by atoms with Crippen LogP contribution in [0.5, 0.6) is 0 Å². The molecule has 2 saturated heterocycles. The monoisotopic (exact) mass is 396 g/mol. The van der Waals surface area contributed by atoms with Crippen LogP contribution in [0.2, 0.25) is 0 Å². The summed E-state index contributed by atoms with van der Waals surface area (Å²) in [5.41, 5.74) is 4.90. The largest absolute Gasteiger partial charge is 0.372 e. The van der Waals surface area contributed by atoms with Crippen molar-refractivity contribution in [3.05, 3.63) is 47.7 Å². The number of allylic oxidation sites excluding steroid dienone is 4. The number of likely N-dealkylation sites (tertiary alicyclic amines) is 2. The van der Waals surface area contributed by atoms with Gasteiger partial charge in [0.15, 0.2) is 0 Å². The SMILES string of the molecule is C=C1C=C(N2CCCCC2)C=C(CN2CCC(NC(C)/C=C\C)CC2)C1=NCC. The molecule has 0 saturated carbocycles. The lowest BCUT2D eigenvalue weighted by molar-refractivity contribution is 0.210. The summed E-state index contributed by atoms with van der Waals surface area (Å²) in [6.45, 7) is 17.2. The Kier molecular flexibility index (Phi) is 8.31. The number of hydrogen-bond acceptors (Lipinski definition) is 4. The zero-order valence-corrected chi connectivity index (χ0v) is 18.8. The first-order valence-electron chi connectivity index (χ1n) is 11.6. The lowest BCUT2D eigenvalue weighted by atomic mass is 9.93. The van der Waals surface area contributed by atoms with Crippen molar-refractivity contribution in [1.29, 1.82) is 0 Å². The summed E-state index contributed by atoms with van der Waals surface area (Å²) in [6.07, 6.45) is 15.4. The van der Waals surface area contributed by atoms with Crippen LogP contribution in [0.1, 0.15) is 52.9 Å². The van der Waals surface area contributed by atoms with Crippen molar-refractivity contribution < 1.29 is 0 Å². The van der Waals surface area contributed by atoms with Crippen LogP contribution in [0.15, 0.2) is 52.7 Å². The predicted octanol–water partition coefficient (Wildman–Crippen LogP) is 4.33. The summed E-state index contributed by atoms with van der Waals surface area (Å²) >= 11 is 0. The highest BCUT2D eigenvalue weighted by Gasteiger charge is 2.25. The minimum atomic E-state index is 0.460. The van der Waals surface area contributed by atoms with Gasteiger partial charge in [-0.15, -0.1) is 0 Å². The summed E-state index contributed by atoms with van der Waals surface area (Å²) in [5, 5.41) is 3.75. The van der Waals surface area contributed by atoms with E-state index in [0.29, 0.717) is 12.1 Å². The van der Waals surface area contributed by atoms with Gasteiger partial charge in [0, 0.05) is 44.0 Å². The lowest BCUT2D eigenvalue weighted by Crippen LogP contribution is -2.45. The summed E-state index contributed by atoms with van der Waals surface area (Å²) in [7, 11) is 0. The first-order chi connectivity index (χ1) is 14.1. The maximum absolute atomic E-state index is 4.81. The van der Waals surface area contributed by atoms with E-state index >= 15 is 0 Å². The molecule has 2 fully saturated rings. The van der Waals surface area contributed by atoms with Gasteiger partial charge in [0.1, 0.15) is 0 Å². The van der Waals surface area contributed by atoms with Gasteiger partial charge in [-0.3, -0.25) is 9.89 Å². The Hall–Kier alpha value is -1.65. The van der Waals surface area contributed by atoms with Crippen LogP contribution in [0.3, 0.4) is 0 Å². The van der Waals surface area contributed by atoms with E-state index in [0.717, 1.165) is 37.5 Å². The molecule has 0 spiro atoms. The van der Waals surface area contributed by atoms with Gasteiger partial charge in [-0.2, -0.15) is 0 Å². The van der Waals surface area contributed by atoms with E-state index in [2.05, 4.69) is 66.8 Å². The summed E-state index contributed by atoms with van der Waals surface area (Å²) in [6, 6.07) is 1.08. The number of nitrogens with zero attached hydrogens (tertiary/aromatic N) is 3. The minimum Gasteiger partial charge on any atom is -0.372 e. The van der Waals surface area contributed by atoms with Gasteiger partial charge in [0.2, 0.25) is 0 Å². The average molecular weight is 397 g/mol. The molecule has 1 atom stereocenters. The van der Waals surface area contributed by atoms with Crippen molar-refractivity contribution in [2.24, 2.45) is 4.99 Å². The fourth-order valence-electron chi connectivity index (χ4n) is 4.77. The van der Waals surface area contributed by atoms with Crippen molar-refractivity contribution in [2.45, 2.75) is 65.0 Å². The van der Waals surface area contributed by atoms with Gasteiger partial charge in [-0.1, -0.05) is 18.7 Å². The topological polar surface area (TPSA) is 30.9 Å². The maximum Gasteiger partial charge on any atom is 0.0687 e. The quantitative estimate of drug-likeness (QED) is 0.650. The standard InChI is InChI=1S/C25H40N4/c1-5-10-21(4)27-23-11-15-28(16-12-23)19-22-18-24(29-13-8-7-9-14-29)17-20(3)25(22)26-6-2/h5,10,17-18,21,23,27H,3,6-9,11-16,19H2,1-2,4H3/b10-5-,26-25?. The highest BCUT2D eigenvalue weighted by Crippen LogP contribution is 2.26. The first kappa shape index (κ1) is 22.0. The van der Waals surface area contributed by atoms with Crippen molar-refractivity contribution in [3.63, 3.8) is 0 Å². The highest BCUT2D eigenvalue weighted by molar-refractivity contribution is 6.15. The van der Waals surface area contributed by atoms with Crippen LogP contribution < -0.4 is 5.32 Å². The number of rotatable bonds is 7. The smallest absolute Gasteiger partial charge is 0.0687 e. The summed E-state index contributed by atoms with van der Waals surface area (Å²) < 4.78 is 0. The van der Waals surface area contributed by atoms with Gasteiger partial charge in [-0.05, 0) is 89.3 Å². The molecule has 29 heavy (non-hydrogen) atoms. The zero-order valence-electron chi connectivity index (χ0n) is 18.8. The van der Waals surface area contributed by atoms with E-state index in [1.54, 1.807) is 0 Å². The molecule has 1 N–H and O–H groups in total. The second kappa shape index (κ2) is 10.9. The highest BCUT2D eigenvalue weighted by atomic mass is 15.2. The molecule has 3 aliphatic rings. The van der Waals surface area contributed by atoms with Crippen molar-refractivity contribution in [1.82, 2.24) is 15.1 Å². The first-order valence-corrected chi connectivity index (χ1v) is 11.6. The third-order valence-corrected chi connectivity index (χ3v) is 6.25. The summed E-state index contributed by atoms with van der Waals surface area (Å²) in [5.74, 6) is 0. The molecule has 1 aliphatic carbocycles. The Morgan fingerprint density at radius 2 is 1.90 bits per heavy atom. The third-order valence-electron chi connectivity index (χ3n) is 6.25. The molecule has 2 aliphatic heterocycles. The van der Waals surface area contributed by atoms with E-state index in [9.17, 15) is 0 Å². The Bertz CT molecular complexity index is 671. The molecule has 0 radical (unpaired) electrons. The van der Waals surface area contributed by atoms with E-state index in [1.165, 1.54) is 56.5 Å². The van der Waals surface area contributed by atoms with Crippen LogP contribution in [-0.2, 0) is 0 Å². The molecular weight excluding hydrogens is 356 g/mol. The molecular formula is C25H40N4. The maximum atomic E-state index is 4.81. The van der Waals surface area contributed by atoms with E-state index in [-0.39, 0.29) is 0 Å². The van der Waals surface area contributed by atoms with E-state index in [4.69, 9.17) is 4.99 Å². The molecule has 0 bridgehead atoms. The van der Waals surface area contributed by atoms with Gasteiger partial charge < -0.3 is 10.2 Å². The average Bonchev–Trinajstić information content (AvgIpc) is 2.72. The van der Waals surface area contributed by atoms with Crippen molar-refractivity contribution in [3.8, 4) is 0 Å². The zero-order chi connectivity index (χ0) is 20.6. The van der Waals surface area contributed by atoms with Crippen LogP contribution in [0.25, 0.3) is 0 Å². The van der Waals surface area contributed by atoms with Gasteiger partial charge >= 0.3 is 0 Å². The van der Waals surface area contributed by atoms with E-state index in [1.807, 2.05) is 0 Å². The second-order valence-electron chi connectivity index (χ2n) is 8.67. The fraction of sp³-hybridized carbons (Fsp3) is 0.640. The Labute approximate surface area is 178 Å². The molecule has 1 unspecified atom stereocenters. The Morgan fingerprint density at radius 1 is 1.17 bits per heavy atom. The molecule has 0 amide bonds. The van der Waals surface area contributed by atoms with Gasteiger partial charge in [0.05, 0.1) is 5.71 Å². The molecule has 160 valence electrons. The molecule has 0 aromatic rings. The van der Waals surface area contributed by atoms with Crippen molar-refractivity contribution in [2.75, 3.05) is 39.3 Å². The molecule has 2 heterocycles. The van der Waals surface area contributed by atoms with Crippen LogP contribution in [-0.4, -0.2) is 66.9 Å². The van der Waals surface area contributed by atoms with Crippen molar-refractivity contribution >= 4 is 5.71 Å². The Balaban J connectivity index is 1.64. The fourth-order valence-corrected chi connectivity index (χ4v) is 4.77. The van der Waals surface area contributed by atoms with Crippen LogP contribution in [0, 0.1) is 0 Å². The van der Waals surface area contributed by atoms with E-state index < -0.39 is 0 Å². The number of aliphatic imine (C=N–C) groups is 1. The van der Waals surface area contributed by atoms with Crippen LogP contribution in [0.4, 0.5) is 0 Å². The molecule has 4 nitrogen and oxygen atoms in total. The normalized spacial score (nSPS) is 24.9. The molecule has 4 heteroatoms. The number of hydrogen-bond donors (Lipinski definition) is 1. The molecule has 0 aromatic carbocycles. The Morgan fingerprint density at radius 3 is 2.55 bits per heavy atom. The third kappa shape index (κ3) is 6.16. The van der Waals surface area contributed by atoms with Gasteiger partial charge in [0.25, 0.3) is 0 Å². The minimum absolute atomic E-state index is 0.460. The lowest BCUT2D eigenvalue weighted by Gasteiger charge is -2.36. The molecule has 3 rings (SSSR count). The second-order valence-corrected chi connectivity index (χ2v) is 8.67. The molecule has 0 aromatic heterocycles. The number of piperidine rings is 2. The number of nitrogens with one attached hydrogen (secondary N) is 1. The predicted molar refractivity (Wildman–Crippen MR) is 126 cm³/mol. The van der Waals surface area contributed by atoms with Crippen LogP contribution >= 0.6 is 0 Å². The summed E-state index contributed by atoms with van der Waals surface area (Å²) in [4.78, 5) is 9.94.